The molecule has 0 atom stereocenters. The van der Waals surface area contributed by atoms with E-state index in [0.717, 1.165) is 57.3 Å². The van der Waals surface area contributed by atoms with Gasteiger partial charge in [0.25, 0.3) is 0 Å². The molecule has 0 spiro atoms. The van der Waals surface area contributed by atoms with Crippen LogP contribution in [0.2, 0.25) is 0 Å². The molecule has 148 valence electrons. The molecular weight excluding hydrogens is 447 g/mol. The van der Waals surface area contributed by atoms with E-state index in [1.54, 1.807) is 24.3 Å². The van der Waals surface area contributed by atoms with Crippen molar-refractivity contribution in [1.82, 2.24) is 14.7 Å². The summed E-state index contributed by atoms with van der Waals surface area (Å²) in [7, 11) is 0. The maximum atomic E-state index is 11.6. The van der Waals surface area contributed by atoms with E-state index in [4.69, 9.17) is 5.10 Å². The molecule has 0 radical (unpaired) electrons. The number of phenols is 1. The van der Waals surface area contributed by atoms with Gasteiger partial charge >= 0.3 is 163 Å². The number of aromatic nitrogens is 2. The first-order valence-electron chi connectivity index (χ1n) is 8.95. The van der Waals surface area contributed by atoms with Crippen LogP contribution in [0.3, 0.4) is 0 Å². The van der Waals surface area contributed by atoms with Crippen LogP contribution in [0.25, 0.3) is 22.2 Å². The third-order valence-corrected chi connectivity index (χ3v) is 7.50. The summed E-state index contributed by atoms with van der Waals surface area (Å²) in [5, 5.41) is 27.2. The van der Waals surface area contributed by atoms with Crippen molar-refractivity contribution in [2.24, 2.45) is 0 Å². The summed E-state index contributed by atoms with van der Waals surface area (Å²) < 4.78 is 3.73. The van der Waals surface area contributed by atoms with Crippen LogP contribution in [0.1, 0.15) is 13.8 Å². The van der Waals surface area contributed by atoms with E-state index in [0.29, 0.717) is 0 Å². The smallest absolute Gasteiger partial charge is 0.147 e. The summed E-state index contributed by atoms with van der Waals surface area (Å²) in [6, 6.07) is 8.61. The average Bonchev–Trinajstić information content (AvgIpc) is 3.03. The van der Waals surface area contributed by atoms with Crippen molar-refractivity contribution >= 4 is 52.9 Å². The number of benzene rings is 2. The third-order valence-electron chi connectivity index (χ3n) is 5.00. The second-order valence-electron chi connectivity index (χ2n) is 6.45. The number of likely N-dealkylation sites (N-methyl/N-ethyl adjacent to an activating group) is 1. The molecule has 1 aliphatic rings. The van der Waals surface area contributed by atoms with E-state index < -0.39 is 0 Å². The van der Waals surface area contributed by atoms with Crippen molar-refractivity contribution in [2.75, 3.05) is 19.6 Å². The Labute approximate surface area is 175 Å². The average molecular weight is 468 g/mol. The van der Waals surface area contributed by atoms with Crippen LogP contribution in [0.5, 0.6) is 5.75 Å². The van der Waals surface area contributed by atoms with Crippen molar-refractivity contribution in [3.63, 3.8) is 0 Å². The van der Waals surface area contributed by atoms with Crippen LogP contribution < -0.4 is 8.92 Å². The number of hydrogen-bond acceptors (Lipinski definition) is 5. The molecule has 1 N–H and O–H groups in total. The van der Waals surface area contributed by atoms with E-state index in [9.17, 15) is 15.2 Å². The third kappa shape index (κ3) is 3.37. The van der Waals surface area contributed by atoms with Crippen LogP contribution in [0, 0.1) is 10.1 Å². The molecule has 4 rings (SSSR count). The molecule has 7 nitrogen and oxygen atoms in total. The maximum absolute atomic E-state index is 11.6. The molecule has 1 aromatic heterocycles. The molecule has 3 aromatic rings. The molecule has 0 saturated carbocycles. The van der Waals surface area contributed by atoms with Gasteiger partial charge < -0.3 is 0 Å². The van der Waals surface area contributed by atoms with Gasteiger partial charge in [-0.15, -0.1) is 12.4 Å². The Hall–Kier alpha value is -2.12. The van der Waals surface area contributed by atoms with Crippen LogP contribution in [0.15, 0.2) is 30.3 Å². The normalized spacial score (nSPS) is 12.1. The predicted octanol–water partition coefficient (Wildman–Crippen LogP) is 2.05. The Morgan fingerprint density at radius 1 is 1.25 bits per heavy atom. The number of phenolic OH excluding ortho intramolecular Hbond substituents is 1. The van der Waals surface area contributed by atoms with Gasteiger partial charge in [-0.05, 0) is 0 Å². The molecule has 0 aliphatic carbocycles. The Morgan fingerprint density at radius 2 is 2.00 bits per heavy atom. The molecule has 0 fully saturated rings. The number of rotatable bonds is 6. The van der Waals surface area contributed by atoms with Gasteiger partial charge in [-0.2, -0.15) is 0 Å². The Balaban J connectivity index is 0.00000225. The molecule has 0 bridgehead atoms. The van der Waals surface area contributed by atoms with Crippen LogP contribution in [-0.4, -0.2) is 59.3 Å². The van der Waals surface area contributed by atoms with E-state index in [1.165, 1.54) is 0 Å². The quantitative estimate of drug-likeness (QED) is 0.266. The van der Waals surface area contributed by atoms with Crippen LogP contribution in [-0.2, 0) is 6.54 Å². The number of nitrogens with zero attached hydrogens (tertiary/aromatic N) is 4. The van der Waals surface area contributed by atoms with Crippen molar-refractivity contribution in [3.05, 3.63) is 40.4 Å². The van der Waals surface area contributed by atoms with Gasteiger partial charge in [0.15, 0.2) is 0 Å². The zero-order chi connectivity index (χ0) is 19.1. The van der Waals surface area contributed by atoms with Crippen molar-refractivity contribution < 1.29 is 10.0 Å². The van der Waals surface area contributed by atoms with Crippen molar-refractivity contribution in [2.45, 2.75) is 20.4 Å². The molecule has 1 aliphatic heterocycles. The molecule has 2 aromatic carbocycles. The summed E-state index contributed by atoms with van der Waals surface area (Å²) in [6.45, 7) is 7.79. The number of nitro benzene ring substituents is 1. The van der Waals surface area contributed by atoms with Gasteiger partial charge in [-0.3, -0.25) is 0 Å². The largest absolute Gasteiger partial charge is 0.147 e. The Bertz CT molecular complexity index is 1050. The maximum Gasteiger partial charge on any atom is -0.147 e. The number of fused-ring (bicyclic) bond motifs is 2. The fourth-order valence-electron chi connectivity index (χ4n) is 3.51. The van der Waals surface area contributed by atoms with Crippen molar-refractivity contribution in [3.8, 4) is 17.0 Å². The monoisotopic (exact) mass is 468 g/mol. The van der Waals surface area contributed by atoms with Crippen molar-refractivity contribution in [1.29, 1.82) is 0 Å². The fourth-order valence-corrected chi connectivity index (χ4v) is 5.97. The SMILES string of the molecule is CCN(CC)CCn1nc2c3c(c([N+](=O)[O-])ccc31)[Se]c1ccc(O)cc1-2.Cl. The number of hydrogen-bond donors (Lipinski definition) is 1. The summed E-state index contributed by atoms with van der Waals surface area (Å²) in [5.41, 5.74) is 2.70. The standard InChI is InChI=1S/C19H20N4O3Se.ClH/c1-3-21(4-2)9-10-22-14-6-7-15(23(25)26)19-17(14)18(20-22)13-11-12(24)5-8-16(13)27-19;/h5-8,11,24H,3-4,9-10H2,1-2H3;1H. The first-order valence-corrected chi connectivity index (χ1v) is 10.7. The minimum absolute atomic E-state index is 0. The summed E-state index contributed by atoms with van der Waals surface area (Å²) in [6.07, 6.45) is 0. The summed E-state index contributed by atoms with van der Waals surface area (Å²) in [5.74, 6) is 0.185. The Morgan fingerprint density at radius 3 is 2.68 bits per heavy atom. The first kappa shape index (κ1) is 20.6. The minimum atomic E-state index is -0.307. The van der Waals surface area contributed by atoms with Gasteiger partial charge in [-0.1, -0.05) is 0 Å². The van der Waals surface area contributed by atoms with Crippen LogP contribution in [0.4, 0.5) is 5.69 Å². The molecular formula is C19H21ClN4O3Se. The van der Waals surface area contributed by atoms with Gasteiger partial charge in [-0.25, -0.2) is 0 Å². The van der Waals surface area contributed by atoms with Gasteiger partial charge in [0.05, 0.1) is 0 Å². The molecule has 28 heavy (non-hydrogen) atoms. The molecule has 9 heteroatoms. The van der Waals surface area contributed by atoms with Gasteiger partial charge in [0.1, 0.15) is 0 Å². The molecule has 0 saturated heterocycles. The topological polar surface area (TPSA) is 84.4 Å². The van der Waals surface area contributed by atoms with E-state index in [1.807, 2.05) is 10.7 Å². The second-order valence-corrected chi connectivity index (χ2v) is 8.65. The Kier molecular flexibility index (Phi) is 5.95. The number of halogens is 1. The predicted molar refractivity (Wildman–Crippen MR) is 114 cm³/mol. The molecule has 0 amide bonds. The second kappa shape index (κ2) is 8.09. The number of aromatic hydroxyl groups is 1. The fraction of sp³-hybridized carbons (Fsp3) is 0.316. The van der Waals surface area contributed by atoms with E-state index in [-0.39, 0.29) is 43.7 Å². The van der Waals surface area contributed by atoms with Gasteiger partial charge in [0, 0.05) is 0 Å². The number of nitro groups is 1. The summed E-state index contributed by atoms with van der Waals surface area (Å²) >= 11 is -0.204. The zero-order valence-electron chi connectivity index (χ0n) is 15.6. The van der Waals surface area contributed by atoms with Gasteiger partial charge in [0.2, 0.25) is 0 Å². The van der Waals surface area contributed by atoms with E-state index >= 15 is 0 Å². The van der Waals surface area contributed by atoms with E-state index in [2.05, 4.69) is 18.7 Å². The van der Waals surface area contributed by atoms with Crippen LogP contribution >= 0.6 is 12.4 Å². The molecule has 2 heterocycles. The zero-order valence-corrected chi connectivity index (χ0v) is 18.1. The summed E-state index contributed by atoms with van der Waals surface area (Å²) in [4.78, 5) is 13.6. The first-order chi connectivity index (χ1) is 13.0. The minimum Gasteiger partial charge on any atom is -0.147 e. The molecule has 0 unspecified atom stereocenters.